The monoisotopic (exact) mass is 606 g/mol. The number of carbonyl (C=O) groups excluding carboxylic acids is 2. The molecule has 8 rings (SSSR count). The van der Waals surface area contributed by atoms with Gasteiger partial charge >= 0.3 is 11.9 Å². The Labute approximate surface area is 249 Å². The number of carbonyl (C=O) groups is 2. The summed E-state index contributed by atoms with van der Waals surface area (Å²) in [6.07, 6.45) is -2.80. The Morgan fingerprint density at radius 2 is 1.93 bits per heavy atom. The van der Waals surface area contributed by atoms with E-state index >= 15 is 0 Å². The Morgan fingerprint density at radius 3 is 2.67 bits per heavy atom. The maximum absolute atomic E-state index is 13.4. The molecule has 0 amide bonds. The maximum Gasteiger partial charge on any atom is 0.334 e. The van der Waals surface area contributed by atoms with Gasteiger partial charge in [-0.05, 0) is 43.1 Å². The van der Waals surface area contributed by atoms with Crippen LogP contribution in [0.3, 0.4) is 0 Å². The Balaban J connectivity index is 0.985. The summed E-state index contributed by atoms with van der Waals surface area (Å²) < 4.78 is 42.9. The van der Waals surface area contributed by atoms with Gasteiger partial charge in [0.25, 0.3) is 0 Å². The largest absolute Gasteiger partial charge is 0.458 e. The first-order valence-electron chi connectivity index (χ1n) is 15.8. The highest BCUT2D eigenvalue weighted by molar-refractivity contribution is 5.92. The SMILES string of the molecule is CC(C)[C@]12O[C@H]1[C@@H]1O[C@]13[C@]1(O[C@H]1C[C@H]1C4=C(CC[C@@]13C)C(=O)OC4)[C@@H]2OC(=O)CCCO[C@@H]1OC(CO)[C@@H](C)C(O)[C@@H]1O. The Bertz CT molecular complexity index is 1270. The zero-order valence-electron chi connectivity index (χ0n) is 25.0. The predicted octanol–water partition coefficient (Wildman–Crippen LogP) is 0.526. The normalized spacial score (nSPS) is 53.5. The number of epoxide rings is 3. The first-order valence-corrected chi connectivity index (χ1v) is 15.8. The highest BCUT2D eigenvalue weighted by Crippen LogP contribution is 2.83. The first-order chi connectivity index (χ1) is 20.5. The minimum absolute atomic E-state index is 0.0605. The number of hydrogen-bond donors (Lipinski definition) is 3. The summed E-state index contributed by atoms with van der Waals surface area (Å²) in [5, 5.41) is 30.2. The third-order valence-electron chi connectivity index (χ3n) is 12.4. The molecule has 0 aromatic heterocycles. The van der Waals surface area contributed by atoms with E-state index in [1.54, 1.807) is 6.92 Å². The Morgan fingerprint density at radius 1 is 1.14 bits per heavy atom. The summed E-state index contributed by atoms with van der Waals surface area (Å²) in [6.45, 7) is 8.20. The number of esters is 2. The summed E-state index contributed by atoms with van der Waals surface area (Å²) in [4.78, 5) is 25.8. The van der Waals surface area contributed by atoms with E-state index in [1.807, 2.05) is 0 Å². The summed E-state index contributed by atoms with van der Waals surface area (Å²) in [7, 11) is 0. The molecular weight excluding hydrogens is 564 g/mol. The van der Waals surface area contributed by atoms with E-state index in [0.717, 1.165) is 17.6 Å². The standard InChI is InChI=1S/C31H42O12/c1-13(2)29-23(42-29)24-31(43-24)28(4)8-7-15-16(12-38-25(15)36)17(28)10-19-30(31,41-19)27(29)40-20(33)6-5-9-37-26-22(35)21(34)14(3)18(11-32)39-26/h13-14,17-19,21-24,26-27,32,34-35H,5-12H2,1-4H3/t14-,17+,18?,19+,21?,22+,23+,24+,26-,27-,28+,29+,30-,31-/m1/s1. The van der Waals surface area contributed by atoms with Gasteiger partial charge in [0.05, 0.1) is 31.5 Å². The second-order valence-corrected chi connectivity index (χ2v) is 14.4. The van der Waals surface area contributed by atoms with Crippen molar-refractivity contribution in [2.75, 3.05) is 19.8 Å². The number of rotatable bonds is 8. The van der Waals surface area contributed by atoms with Gasteiger partial charge < -0.3 is 48.5 Å². The lowest BCUT2D eigenvalue weighted by atomic mass is 9.46. The van der Waals surface area contributed by atoms with Gasteiger partial charge in [0.1, 0.15) is 36.1 Å². The van der Waals surface area contributed by atoms with Crippen molar-refractivity contribution in [2.45, 2.75) is 126 Å². The summed E-state index contributed by atoms with van der Waals surface area (Å²) in [6, 6.07) is 0. The van der Waals surface area contributed by atoms with Crippen molar-refractivity contribution in [3.8, 4) is 0 Å². The number of aliphatic hydroxyl groups is 3. The van der Waals surface area contributed by atoms with Gasteiger partial charge in [0, 0.05) is 23.3 Å². The van der Waals surface area contributed by atoms with Crippen molar-refractivity contribution in [1.29, 1.82) is 0 Å². The topological polar surface area (TPSA) is 169 Å². The highest BCUT2D eigenvalue weighted by Gasteiger charge is 3.01. The fourth-order valence-corrected chi connectivity index (χ4v) is 9.86. The molecule has 3 aliphatic carbocycles. The zero-order chi connectivity index (χ0) is 30.3. The van der Waals surface area contributed by atoms with Gasteiger partial charge in [0.2, 0.25) is 0 Å². The van der Waals surface area contributed by atoms with Gasteiger partial charge in [-0.25, -0.2) is 4.79 Å². The molecule has 8 aliphatic rings. The second-order valence-electron chi connectivity index (χ2n) is 14.4. The number of fused-ring (bicyclic) bond motifs is 4. The smallest absolute Gasteiger partial charge is 0.334 e. The van der Waals surface area contributed by atoms with Crippen LogP contribution in [0.15, 0.2) is 11.1 Å². The van der Waals surface area contributed by atoms with Crippen LogP contribution >= 0.6 is 0 Å². The average molecular weight is 607 g/mol. The van der Waals surface area contributed by atoms with E-state index in [2.05, 4.69) is 20.8 Å². The minimum atomic E-state index is -1.26. The van der Waals surface area contributed by atoms with Gasteiger partial charge in [-0.1, -0.05) is 27.7 Å². The summed E-state index contributed by atoms with van der Waals surface area (Å²) in [5.41, 5.74) is -0.586. The summed E-state index contributed by atoms with van der Waals surface area (Å²) in [5.74, 6) is -0.897. The average Bonchev–Trinajstić information content (AvgIpc) is 3.89. The van der Waals surface area contributed by atoms with Crippen molar-refractivity contribution in [1.82, 2.24) is 0 Å². The molecule has 12 nitrogen and oxygen atoms in total. The number of hydrogen-bond acceptors (Lipinski definition) is 12. The van der Waals surface area contributed by atoms with Crippen molar-refractivity contribution >= 4 is 11.9 Å². The van der Waals surface area contributed by atoms with Crippen LogP contribution in [-0.4, -0.2) is 113 Å². The minimum Gasteiger partial charge on any atom is -0.458 e. The predicted molar refractivity (Wildman–Crippen MR) is 143 cm³/mol. The molecule has 5 aliphatic heterocycles. The van der Waals surface area contributed by atoms with Crippen LogP contribution < -0.4 is 0 Å². The van der Waals surface area contributed by atoms with Crippen LogP contribution in [0, 0.1) is 23.2 Å². The van der Waals surface area contributed by atoms with E-state index in [9.17, 15) is 24.9 Å². The third-order valence-corrected chi connectivity index (χ3v) is 12.4. The Kier molecular flexibility index (Phi) is 6.18. The number of cyclic esters (lactones) is 1. The molecule has 43 heavy (non-hydrogen) atoms. The van der Waals surface area contributed by atoms with Crippen molar-refractivity contribution in [3.63, 3.8) is 0 Å². The summed E-state index contributed by atoms with van der Waals surface area (Å²) >= 11 is 0. The van der Waals surface area contributed by atoms with E-state index < -0.39 is 59.4 Å². The van der Waals surface area contributed by atoms with Gasteiger partial charge in [-0.2, -0.15) is 0 Å². The van der Waals surface area contributed by atoms with E-state index in [4.69, 9.17) is 33.2 Å². The quantitative estimate of drug-likeness (QED) is 0.199. The fourth-order valence-electron chi connectivity index (χ4n) is 9.86. The van der Waals surface area contributed by atoms with Crippen LogP contribution in [0.25, 0.3) is 0 Å². The third kappa shape index (κ3) is 3.44. The molecule has 12 heteroatoms. The fraction of sp³-hybridized carbons (Fsp3) is 0.871. The van der Waals surface area contributed by atoms with Gasteiger partial charge in [-0.3, -0.25) is 4.79 Å². The second kappa shape index (κ2) is 9.22. The van der Waals surface area contributed by atoms with Crippen LogP contribution in [0.5, 0.6) is 0 Å². The van der Waals surface area contributed by atoms with Crippen molar-refractivity contribution < 1.29 is 58.1 Å². The number of ether oxygens (including phenoxy) is 7. The molecular formula is C31H42O12. The lowest BCUT2D eigenvalue weighted by Crippen LogP contribution is -2.70. The molecule has 2 unspecified atom stereocenters. The molecule has 14 atom stereocenters. The van der Waals surface area contributed by atoms with E-state index in [1.165, 1.54) is 0 Å². The van der Waals surface area contributed by atoms with Gasteiger partial charge in [-0.15, -0.1) is 0 Å². The number of aliphatic hydroxyl groups excluding tert-OH is 3. The lowest BCUT2D eigenvalue weighted by molar-refractivity contribution is -0.288. The van der Waals surface area contributed by atoms with E-state index in [-0.39, 0.29) is 61.2 Å². The molecule has 0 bridgehead atoms. The molecule has 5 heterocycles. The molecule has 2 spiro atoms. The Hall–Kier alpha value is -1.64. The van der Waals surface area contributed by atoms with Crippen LogP contribution in [0.1, 0.15) is 59.8 Å². The van der Waals surface area contributed by atoms with Crippen LogP contribution in [0.2, 0.25) is 0 Å². The maximum atomic E-state index is 13.4. The first kappa shape index (κ1) is 28.8. The van der Waals surface area contributed by atoms with Crippen molar-refractivity contribution in [3.05, 3.63) is 11.1 Å². The molecule has 6 fully saturated rings. The molecule has 238 valence electrons. The van der Waals surface area contributed by atoms with Crippen LogP contribution in [0.4, 0.5) is 0 Å². The van der Waals surface area contributed by atoms with Crippen molar-refractivity contribution in [2.24, 2.45) is 23.2 Å². The molecule has 0 aromatic rings. The van der Waals surface area contributed by atoms with Crippen LogP contribution in [-0.2, 0) is 42.7 Å². The molecule has 4 saturated heterocycles. The highest BCUT2D eigenvalue weighted by atomic mass is 16.8. The van der Waals surface area contributed by atoms with Gasteiger partial charge in [0.15, 0.2) is 18.0 Å². The molecule has 0 radical (unpaired) electrons. The molecule has 3 N–H and O–H groups in total. The molecule has 2 saturated carbocycles. The molecule has 0 aromatic carbocycles. The lowest BCUT2D eigenvalue weighted by Gasteiger charge is -2.53. The van der Waals surface area contributed by atoms with E-state index in [0.29, 0.717) is 25.9 Å². The zero-order valence-corrected chi connectivity index (χ0v) is 25.0.